The van der Waals surface area contributed by atoms with Crippen LogP contribution in [0.15, 0.2) is 0 Å². The number of unbranched alkanes of at least 4 members (excludes halogenated alkanes) is 8. The maximum Gasteiger partial charge on any atom is 0.222 e. The molecule has 107 valence electrons. The summed E-state index contributed by atoms with van der Waals surface area (Å²) in [6.45, 7) is 6.92. The zero-order valence-electron chi connectivity index (χ0n) is 12.5. The highest BCUT2D eigenvalue weighted by Crippen LogP contribution is 2.10. The van der Waals surface area contributed by atoms with E-state index in [2.05, 4.69) is 13.8 Å². The predicted octanol–water partition coefficient (Wildman–Crippen LogP) is 4.59. The van der Waals surface area contributed by atoms with Crippen molar-refractivity contribution in [1.82, 2.24) is 4.90 Å². The van der Waals surface area contributed by atoms with Crippen molar-refractivity contribution in [2.24, 2.45) is 0 Å². The molecule has 0 saturated carbocycles. The summed E-state index contributed by atoms with van der Waals surface area (Å²) in [5, 5.41) is 0. The molecule has 0 N–H and O–H groups in total. The van der Waals surface area contributed by atoms with E-state index in [1.54, 1.807) is 0 Å². The number of hydrogen-bond donors (Lipinski definition) is 0. The molecule has 0 aliphatic rings. The van der Waals surface area contributed by atoms with Gasteiger partial charge in [-0.25, -0.2) is 0 Å². The van der Waals surface area contributed by atoms with Gasteiger partial charge in [0.1, 0.15) is 0 Å². The van der Waals surface area contributed by atoms with Crippen LogP contribution in [0.3, 0.4) is 0 Å². The molecule has 1 amide bonds. The van der Waals surface area contributed by atoms with Crippen molar-refractivity contribution in [2.75, 3.05) is 13.6 Å². The van der Waals surface area contributed by atoms with E-state index in [0.29, 0.717) is 5.91 Å². The van der Waals surface area contributed by atoms with Crippen molar-refractivity contribution in [1.29, 1.82) is 0 Å². The van der Waals surface area contributed by atoms with E-state index >= 15 is 0 Å². The van der Waals surface area contributed by atoms with Gasteiger partial charge in [-0.15, -0.1) is 0 Å². The summed E-state index contributed by atoms with van der Waals surface area (Å²) in [5.41, 5.74) is 0. The van der Waals surface area contributed by atoms with Gasteiger partial charge < -0.3 is 4.90 Å². The van der Waals surface area contributed by atoms with Gasteiger partial charge in [0.05, 0.1) is 0 Å². The second kappa shape index (κ2) is 12.9. The van der Waals surface area contributed by atoms with Crippen LogP contribution in [-0.4, -0.2) is 24.4 Å². The molecule has 0 aromatic heterocycles. The lowest BCUT2D eigenvalue weighted by atomic mass is 10.1. The van der Waals surface area contributed by atoms with E-state index in [1.807, 2.05) is 11.9 Å². The molecule has 18 heavy (non-hydrogen) atoms. The highest BCUT2D eigenvalue weighted by Gasteiger charge is 2.06. The number of carbonyl (C=O) groups is 1. The SMILES string of the molecule is [CH2]CCCCCCCCCC(=O)N(C)CCCC. The first-order chi connectivity index (χ1) is 8.72. The molecular weight excluding hydrogens is 222 g/mol. The van der Waals surface area contributed by atoms with Gasteiger partial charge in [-0.3, -0.25) is 4.79 Å². The maximum absolute atomic E-state index is 11.7. The zero-order chi connectivity index (χ0) is 13.6. The predicted molar refractivity (Wildman–Crippen MR) is 79.5 cm³/mol. The molecule has 0 rings (SSSR count). The third kappa shape index (κ3) is 10.6. The quantitative estimate of drug-likeness (QED) is 0.466. The fraction of sp³-hybridized carbons (Fsp3) is 0.875. The fourth-order valence-corrected chi connectivity index (χ4v) is 2.05. The van der Waals surface area contributed by atoms with Crippen molar-refractivity contribution >= 4 is 5.91 Å². The number of hydrogen-bond acceptors (Lipinski definition) is 1. The molecule has 2 heteroatoms. The van der Waals surface area contributed by atoms with E-state index in [-0.39, 0.29) is 0 Å². The Labute approximate surface area is 114 Å². The Morgan fingerprint density at radius 2 is 1.50 bits per heavy atom. The maximum atomic E-state index is 11.7. The minimum Gasteiger partial charge on any atom is -0.346 e. The van der Waals surface area contributed by atoms with E-state index in [9.17, 15) is 4.79 Å². The summed E-state index contributed by atoms with van der Waals surface area (Å²) >= 11 is 0. The van der Waals surface area contributed by atoms with Crippen LogP contribution in [0.1, 0.15) is 77.6 Å². The summed E-state index contributed by atoms with van der Waals surface area (Å²) in [6.07, 6.45) is 12.9. The molecule has 0 spiro atoms. The van der Waals surface area contributed by atoms with Crippen LogP contribution in [-0.2, 0) is 4.79 Å². The standard InChI is InChI=1S/C16H32NO/c1-4-6-8-9-10-11-12-13-14-16(18)17(3)15-7-5-2/h1,4-15H2,2-3H3. The number of nitrogens with zero attached hydrogens (tertiary/aromatic N) is 1. The second-order valence-corrected chi connectivity index (χ2v) is 5.25. The highest BCUT2D eigenvalue weighted by molar-refractivity contribution is 5.75. The van der Waals surface area contributed by atoms with E-state index in [1.165, 1.54) is 38.5 Å². The van der Waals surface area contributed by atoms with Gasteiger partial charge in [0.15, 0.2) is 0 Å². The Bertz CT molecular complexity index is 192. The Balaban J connectivity index is 3.29. The Kier molecular flexibility index (Phi) is 12.5. The van der Waals surface area contributed by atoms with Crippen LogP contribution < -0.4 is 0 Å². The van der Waals surface area contributed by atoms with Gasteiger partial charge in [-0.1, -0.05) is 65.2 Å². The number of carbonyl (C=O) groups excluding carboxylic acids is 1. The minimum absolute atomic E-state index is 0.320. The fourth-order valence-electron chi connectivity index (χ4n) is 2.05. The third-order valence-corrected chi connectivity index (χ3v) is 3.41. The Hall–Kier alpha value is -0.530. The molecule has 2 nitrogen and oxygen atoms in total. The van der Waals surface area contributed by atoms with Crippen molar-refractivity contribution in [3.8, 4) is 0 Å². The summed E-state index contributed by atoms with van der Waals surface area (Å²) in [7, 11) is 1.93. The lowest BCUT2D eigenvalue weighted by Crippen LogP contribution is -2.27. The largest absolute Gasteiger partial charge is 0.346 e. The van der Waals surface area contributed by atoms with Crippen LogP contribution in [0, 0.1) is 6.92 Å². The zero-order valence-corrected chi connectivity index (χ0v) is 12.5. The molecule has 0 aromatic rings. The van der Waals surface area contributed by atoms with Crippen molar-refractivity contribution in [2.45, 2.75) is 77.6 Å². The summed E-state index contributed by atoms with van der Waals surface area (Å²) in [6, 6.07) is 0. The lowest BCUT2D eigenvalue weighted by molar-refractivity contribution is -0.130. The summed E-state index contributed by atoms with van der Waals surface area (Å²) in [5.74, 6) is 0.320. The average Bonchev–Trinajstić information content (AvgIpc) is 2.38. The van der Waals surface area contributed by atoms with Crippen LogP contribution in [0.25, 0.3) is 0 Å². The van der Waals surface area contributed by atoms with Crippen LogP contribution in [0.2, 0.25) is 0 Å². The first kappa shape index (κ1) is 17.5. The number of rotatable bonds is 12. The Morgan fingerprint density at radius 3 is 2.06 bits per heavy atom. The smallest absolute Gasteiger partial charge is 0.222 e. The van der Waals surface area contributed by atoms with Crippen molar-refractivity contribution in [3.05, 3.63) is 6.92 Å². The van der Waals surface area contributed by atoms with E-state index < -0.39 is 0 Å². The molecule has 0 aliphatic heterocycles. The molecule has 0 bridgehead atoms. The summed E-state index contributed by atoms with van der Waals surface area (Å²) in [4.78, 5) is 13.6. The molecule has 0 unspecified atom stereocenters. The average molecular weight is 254 g/mol. The molecule has 1 radical (unpaired) electrons. The van der Waals surface area contributed by atoms with Gasteiger partial charge in [0.2, 0.25) is 5.91 Å². The van der Waals surface area contributed by atoms with Crippen LogP contribution >= 0.6 is 0 Å². The van der Waals surface area contributed by atoms with Gasteiger partial charge in [-0.2, -0.15) is 0 Å². The molecule has 0 heterocycles. The molecule has 0 atom stereocenters. The minimum atomic E-state index is 0.320. The summed E-state index contributed by atoms with van der Waals surface area (Å²) < 4.78 is 0. The molecule has 0 fully saturated rings. The Morgan fingerprint density at radius 1 is 0.944 bits per heavy atom. The van der Waals surface area contributed by atoms with Gasteiger partial charge in [0, 0.05) is 20.0 Å². The van der Waals surface area contributed by atoms with Crippen molar-refractivity contribution < 1.29 is 4.79 Å². The first-order valence-electron chi connectivity index (χ1n) is 7.75. The molecular formula is C16H32NO. The van der Waals surface area contributed by atoms with Gasteiger partial charge in [-0.05, 0) is 12.8 Å². The molecule has 0 saturated heterocycles. The van der Waals surface area contributed by atoms with E-state index in [0.717, 1.165) is 38.6 Å². The molecule has 0 aliphatic carbocycles. The van der Waals surface area contributed by atoms with Crippen LogP contribution in [0.5, 0.6) is 0 Å². The van der Waals surface area contributed by atoms with E-state index in [4.69, 9.17) is 0 Å². The topological polar surface area (TPSA) is 20.3 Å². The normalized spacial score (nSPS) is 10.6. The second-order valence-electron chi connectivity index (χ2n) is 5.25. The highest BCUT2D eigenvalue weighted by atomic mass is 16.2. The van der Waals surface area contributed by atoms with Gasteiger partial charge in [0.25, 0.3) is 0 Å². The van der Waals surface area contributed by atoms with Crippen molar-refractivity contribution in [3.63, 3.8) is 0 Å². The van der Waals surface area contributed by atoms with Crippen LogP contribution in [0.4, 0.5) is 0 Å². The molecule has 0 aromatic carbocycles. The third-order valence-electron chi connectivity index (χ3n) is 3.41. The monoisotopic (exact) mass is 254 g/mol. The first-order valence-corrected chi connectivity index (χ1v) is 7.75. The van der Waals surface area contributed by atoms with Gasteiger partial charge >= 0.3 is 0 Å². The lowest BCUT2D eigenvalue weighted by Gasteiger charge is -2.16. The number of amides is 1.